The first-order valence-electron chi connectivity index (χ1n) is 8.14. The predicted octanol–water partition coefficient (Wildman–Crippen LogP) is 3.15. The van der Waals surface area contributed by atoms with Crippen molar-refractivity contribution in [1.29, 1.82) is 0 Å². The lowest BCUT2D eigenvalue weighted by molar-refractivity contribution is -0.134. The molecule has 2 fully saturated rings. The zero-order valence-electron chi connectivity index (χ0n) is 13.0. The van der Waals surface area contributed by atoms with Gasteiger partial charge >= 0.3 is 0 Å². The minimum Gasteiger partial charge on any atom is -0.323 e. The molecule has 0 spiro atoms. The van der Waals surface area contributed by atoms with Gasteiger partial charge in [0.25, 0.3) is 0 Å². The number of rotatable bonds is 6. The number of hydrogen-bond donors (Lipinski definition) is 1. The maximum absolute atomic E-state index is 12.7. The highest BCUT2D eigenvalue weighted by molar-refractivity contribution is 5.84. The molecule has 0 aromatic heterocycles. The third-order valence-corrected chi connectivity index (χ3v) is 4.97. The van der Waals surface area contributed by atoms with E-state index in [4.69, 9.17) is 0 Å². The summed E-state index contributed by atoms with van der Waals surface area (Å²) in [7, 11) is 0. The lowest BCUT2D eigenvalue weighted by Crippen LogP contribution is -2.50. The van der Waals surface area contributed by atoms with Crippen LogP contribution in [0.1, 0.15) is 66.2 Å². The largest absolute Gasteiger partial charge is 0.323 e. The van der Waals surface area contributed by atoms with Gasteiger partial charge in [0, 0.05) is 6.04 Å². The van der Waals surface area contributed by atoms with E-state index in [0.717, 1.165) is 25.2 Å². The number of carbonyl (C=O) groups excluding carboxylic acids is 1. The van der Waals surface area contributed by atoms with Crippen molar-refractivity contribution in [2.45, 2.75) is 84.5 Å². The molecular weight excluding hydrogens is 236 g/mol. The molecular formula is C16H30N2O. The third kappa shape index (κ3) is 2.96. The van der Waals surface area contributed by atoms with Crippen LogP contribution in [0.3, 0.4) is 0 Å². The number of nitrogens with one attached hydrogen (secondary N) is 1. The van der Waals surface area contributed by atoms with Crippen LogP contribution in [0, 0.1) is 11.8 Å². The molecule has 0 aromatic carbocycles. The number of unbranched alkanes of at least 4 members (excludes halogenated alkanes) is 1. The Kier molecular flexibility index (Phi) is 4.88. The minimum atomic E-state index is 0.0647. The Morgan fingerprint density at radius 2 is 2.00 bits per heavy atom. The van der Waals surface area contributed by atoms with Gasteiger partial charge in [-0.2, -0.15) is 0 Å². The van der Waals surface area contributed by atoms with Gasteiger partial charge in [0.05, 0.1) is 12.2 Å². The fourth-order valence-electron chi connectivity index (χ4n) is 3.41. The fourth-order valence-corrected chi connectivity index (χ4v) is 3.41. The molecule has 19 heavy (non-hydrogen) atoms. The van der Waals surface area contributed by atoms with Crippen LogP contribution in [0.4, 0.5) is 0 Å². The van der Waals surface area contributed by atoms with Crippen LogP contribution in [0.15, 0.2) is 0 Å². The van der Waals surface area contributed by atoms with Crippen LogP contribution >= 0.6 is 0 Å². The quantitative estimate of drug-likeness (QED) is 0.801. The Hall–Kier alpha value is -0.570. The number of hydrogen-bond acceptors (Lipinski definition) is 2. The zero-order chi connectivity index (χ0) is 14.0. The molecule has 1 aliphatic carbocycles. The predicted molar refractivity (Wildman–Crippen MR) is 78.7 cm³/mol. The van der Waals surface area contributed by atoms with Crippen LogP contribution in [0.5, 0.6) is 0 Å². The Labute approximate surface area is 118 Å². The summed E-state index contributed by atoms with van der Waals surface area (Å²) >= 11 is 0. The molecule has 0 bridgehead atoms. The summed E-state index contributed by atoms with van der Waals surface area (Å²) in [4.78, 5) is 14.9. The Bertz CT molecular complexity index is 312. The summed E-state index contributed by atoms with van der Waals surface area (Å²) in [6, 6.07) is 0.475. The first-order chi connectivity index (χ1) is 9.06. The molecule has 0 aromatic rings. The molecule has 3 heteroatoms. The molecule has 3 nitrogen and oxygen atoms in total. The maximum atomic E-state index is 12.7. The molecule has 1 amide bonds. The first-order valence-corrected chi connectivity index (χ1v) is 8.14. The topological polar surface area (TPSA) is 32.3 Å². The van der Waals surface area contributed by atoms with E-state index >= 15 is 0 Å². The van der Waals surface area contributed by atoms with Crippen LogP contribution in [0.2, 0.25) is 0 Å². The van der Waals surface area contributed by atoms with E-state index in [1.807, 2.05) is 0 Å². The number of carbonyl (C=O) groups is 1. The second-order valence-corrected chi connectivity index (χ2v) is 6.73. The van der Waals surface area contributed by atoms with Gasteiger partial charge in [0.1, 0.15) is 0 Å². The average molecular weight is 266 g/mol. The van der Waals surface area contributed by atoms with Crippen LogP contribution in [0.25, 0.3) is 0 Å². The molecule has 1 saturated heterocycles. The van der Waals surface area contributed by atoms with Crippen molar-refractivity contribution in [3.63, 3.8) is 0 Å². The second-order valence-electron chi connectivity index (χ2n) is 6.73. The number of amides is 1. The summed E-state index contributed by atoms with van der Waals surface area (Å²) in [5.74, 6) is 1.57. The van der Waals surface area contributed by atoms with E-state index in [0.29, 0.717) is 17.9 Å². The van der Waals surface area contributed by atoms with Gasteiger partial charge in [-0.25, -0.2) is 0 Å². The zero-order valence-corrected chi connectivity index (χ0v) is 13.0. The van der Waals surface area contributed by atoms with E-state index in [9.17, 15) is 4.79 Å². The molecule has 1 heterocycles. The molecule has 1 saturated carbocycles. The van der Waals surface area contributed by atoms with Gasteiger partial charge in [0.15, 0.2) is 0 Å². The lowest BCUT2D eigenvalue weighted by Gasteiger charge is -2.40. The van der Waals surface area contributed by atoms with E-state index in [1.165, 1.54) is 19.3 Å². The van der Waals surface area contributed by atoms with E-state index < -0.39 is 0 Å². The Balaban J connectivity index is 2.06. The summed E-state index contributed by atoms with van der Waals surface area (Å²) in [5, 5.41) is 3.59. The van der Waals surface area contributed by atoms with E-state index in [2.05, 4.69) is 37.9 Å². The Morgan fingerprint density at radius 3 is 2.47 bits per heavy atom. The van der Waals surface area contributed by atoms with Crippen LogP contribution < -0.4 is 5.32 Å². The minimum absolute atomic E-state index is 0.0647. The van der Waals surface area contributed by atoms with Crippen molar-refractivity contribution in [3.05, 3.63) is 0 Å². The highest BCUT2D eigenvalue weighted by Crippen LogP contribution is 2.35. The molecule has 1 N–H and O–H groups in total. The highest BCUT2D eigenvalue weighted by Gasteiger charge is 2.44. The number of nitrogens with zero attached hydrogens (tertiary/aromatic N) is 1. The average Bonchev–Trinajstić information content (AvgIpc) is 2.61. The van der Waals surface area contributed by atoms with Crippen molar-refractivity contribution in [1.82, 2.24) is 10.2 Å². The molecule has 0 radical (unpaired) electrons. The van der Waals surface area contributed by atoms with E-state index in [-0.39, 0.29) is 12.2 Å². The van der Waals surface area contributed by atoms with Gasteiger partial charge in [-0.3, -0.25) is 10.1 Å². The SMILES string of the molecule is CCCCC1NC(C(C)C)N(C(C)C2CCC2)C1=O. The van der Waals surface area contributed by atoms with E-state index in [1.54, 1.807) is 0 Å². The lowest BCUT2D eigenvalue weighted by atomic mass is 9.79. The van der Waals surface area contributed by atoms with Gasteiger partial charge in [-0.1, -0.05) is 40.0 Å². The normalized spacial score (nSPS) is 29.9. The second kappa shape index (κ2) is 6.25. The molecule has 2 rings (SSSR count). The summed E-state index contributed by atoms with van der Waals surface area (Å²) < 4.78 is 0. The Morgan fingerprint density at radius 1 is 1.32 bits per heavy atom. The van der Waals surface area contributed by atoms with Crippen molar-refractivity contribution in [2.24, 2.45) is 11.8 Å². The molecule has 3 atom stereocenters. The molecule has 2 aliphatic rings. The fraction of sp³-hybridized carbons (Fsp3) is 0.938. The van der Waals surface area contributed by atoms with Gasteiger partial charge in [-0.15, -0.1) is 0 Å². The standard InChI is InChI=1S/C16H30N2O/c1-5-6-10-14-16(19)18(15(17-14)11(2)3)12(4)13-8-7-9-13/h11-15,17H,5-10H2,1-4H3. The van der Waals surface area contributed by atoms with Crippen molar-refractivity contribution >= 4 is 5.91 Å². The van der Waals surface area contributed by atoms with Crippen LogP contribution in [-0.4, -0.2) is 29.1 Å². The first kappa shape index (κ1) is 14.8. The van der Waals surface area contributed by atoms with Gasteiger partial charge < -0.3 is 4.90 Å². The summed E-state index contributed by atoms with van der Waals surface area (Å²) in [6.07, 6.45) is 7.48. The molecule has 1 aliphatic heterocycles. The maximum Gasteiger partial charge on any atom is 0.241 e. The third-order valence-electron chi connectivity index (χ3n) is 4.97. The summed E-state index contributed by atoms with van der Waals surface area (Å²) in [6.45, 7) is 8.87. The van der Waals surface area contributed by atoms with Crippen molar-refractivity contribution in [3.8, 4) is 0 Å². The van der Waals surface area contributed by atoms with Crippen molar-refractivity contribution < 1.29 is 4.79 Å². The van der Waals surface area contributed by atoms with Gasteiger partial charge in [0.2, 0.25) is 5.91 Å². The van der Waals surface area contributed by atoms with Crippen molar-refractivity contribution in [2.75, 3.05) is 0 Å². The van der Waals surface area contributed by atoms with Gasteiger partial charge in [-0.05, 0) is 38.0 Å². The monoisotopic (exact) mass is 266 g/mol. The van der Waals surface area contributed by atoms with Crippen LogP contribution in [-0.2, 0) is 4.79 Å². The summed E-state index contributed by atoms with van der Waals surface area (Å²) in [5.41, 5.74) is 0. The smallest absolute Gasteiger partial charge is 0.241 e. The molecule has 110 valence electrons. The highest BCUT2D eigenvalue weighted by atomic mass is 16.2. The molecule has 3 unspecified atom stereocenters.